The van der Waals surface area contributed by atoms with Gasteiger partial charge >= 0.3 is 0 Å². The van der Waals surface area contributed by atoms with E-state index < -0.39 is 0 Å². The van der Waals surface area contributed by atoms with Gasteiger partial charge < -0.3 is 14.4 Å². The summed E-state index contributed by atoms with van der Waals surface area (Å²) in [5, 5.41) is 8.90. The fraction of sp³-hybridized carbons (Fsp3) is 0.556. The highest BCUT2D eigenvalue weighted by atomic mass is 16.5. The van der Waals surface area contributed by atoms with Crippen LogP contribution in [0.15, 0.2) is 18.2 Å². The van der Waals surface area contributed by atoms with Crippen LogP contribution in [0.2, 0.25) is 0 Å². The van der Waals surface area contributed by atoms with Crippen LogP contribution in [0.5, 0.6) is 5.75 Å². The molecular weight excluding hydrogens is 306 g/mol. The Morgan fingerprint density at radius 1 is 1.33 bits per heavy atom. The zero-order valence-electron chi connectivity index (χ0n) is 14.2. The molecule has 0 atom stereocenters. The number of benzene rings is 1. The van der Waals surface area contributed by atoms with Gasteiger partial charge in [-0.15, -0.1) is 0 Å². The number of nitrogens with zero attached hydrogens (tertiary/aromatic N) is 3. The standard InChI is InChI=1S/C18H23N3O3/c1-23-12-17(22)21-13-18(5-8-20(9-6-18)10-7-19)15-11-14(24-2)3-4-16(15)21/h3-4,11H,5-6,8-10,12-13H2,1-2H3. The maximum Gasteiger partial charge on any atom is 0.252 e. The van der Waals surface area contributed by atoms with Crippen LogP contribution in [-0.2, 0) is 14.9 Å². The van der Waals surface area contributed by atoms with Gasteiger partial charge in [0.15, 0.2) is 0 Å². The maximum atomic E-state index is 12.5. The van der Waals surface area contributed by atoms with E-state index in [9.17, 15) is 4.79 Å². The van der Waals surface area contributed by atoms with Crippen LogP contribution in [0.25, 0.3) is 0 Å². The van der Waals surface area contributed by atoms with Gasteiger partial charge in [0.1, 0.15) is 12.4 Å². The molecule has 1 fully saturated rings. The molecule has 0 radical (unpaired) electrons. The van der Waals surface area contributed by atoms with Crippen LogP contribution in [0, 0.1) is 11.3 Å². The van der Waals surface area contributed by atoms with Crippen molar-refractivity contribution in [3.8, 4) is 11.8 Å². The number of carbonyl (C=O) groups is 1. The monoisotopic (exact) mass is 329 g/mol. The van der Waals surface area contributed by atoms with Crippen LogP contribution in [0.3, 0.4) is 0 Å². The number of piperidine rings is 1. The predicted octanol–water partition coefficient (Wildman–Crippen LogP) is 1.55. The van der Waals surface area contributed by atoms with Crippen molar-refractivity contribution in [2.45, 2.75) is 18.3 Å². The van der Waals surface area contributed by atoms with Crippen molar-refractivity contribution in [2.75, 3.05) is 51.9 Å². The van der Waals surface area contributed by atoms with Gasteiger partial charge in [-0.25, -0.2) is 0 Å². The normalized spacial score (nSPS) is 19.1. The number of ether oxygens (including phenoxy) is 2. The molecule has 0 aliphatic carbocycles. The van der Waals surface area contributed by atoms with Gasteiger partial charge in [0.25, 0.3) is 5.91 Å². The van der Waals surface area contributed by atoms with Crippen molar-refractivity contribution < 1.29 is 14.3 Å². The minimum absolute atomic E-state index is 0.0137. The number of anilines is 1. The summed E-state index contributed by atoms with van der Waals surface area (Å²) in [4.78, 5) is 16.5. The Labute approximate surface area is 142 Å². The molecule has 2 heterocycles. The Balaban J connectivity index is 1.92. The van der Waals surface area contributed by atoms with E-state index in [1.807, 2.05) is 17.0 Å². The summed E-state index contributed by atoms with van der Waals surface area (Å²) in [6, 6.07) is 8.16. The van der Waals surface area contributed by atoms with Gasteiger partial charge in [-0.2, -0.15) is 5.26 Å². The minimum atomic E-state index is -0.0563. The topological polar surface area (TPSA) is 65.8 Å². The first-order valence-electron chi connectivity index (χ1n) is 8.20. The summed E-state index contributed by atoms with van der Waals surface area (Å²) in [5.41, 5.74) is 2.09. The van der Waals surface area contributed by atoms with Crippen LogP contribution >= 0.6 is 0 Å². The number of likely N-dealkylation sites (tertiary alicyclic amines) is 1. The molecule has 1 aromatic rings. The molecule has 6 heteroatoms. The zero-order chi connectivity index (χ0) is 17.2. The molecule has 0 bridgehead atoms. The molecule has 1 aromatic carbocycles. The number of hydrogen-bond acceptors (Lipinski definition) is 5. The van der Waals surface area contributed by atoms with Crippen molar-refractivity contribution in [1.82, 2.24) is 4.90 Å². The second kappa shape index (κ2) is 6.80. The number of hydrogen-bond donors (Lipinski definition) is 0. The summed E-state index contributed by atoms with van der Waals surface area (Å²) in [6.45, 7) is 2.97. The van der Waals surface area contributed by atoms with Crippen molar-refractivity contribution in [1.29, 1.82) is 5.26 Å². The lowest BCUT2D eigenvalue weighted by Crippen LogP contribution is -2.46. The summed E-state index contributed by atoms with van der Waals surface area (Å²) in [6.07, 6.45) is 1.87. The van der Waals surface area contributed by atoms with Crippen molar-refractivity contribution in [2.24, 2.45) is 0 Å². The van der Waals surface area contributed by atoms with Gasteiger partial charge in [-0.1, -0.05) is 0 Å². The highest BCUT2D eigenvalue weighted by Crippen LogP contribution is 2.48. The van der Waals surface area contributed by atoms with Crippen molar-refractivity contribution in [3.63, 3.8) is 0 Å². The van der Waals surface area contributed by atoms with E-state index in [0.717, 1.165) is 37.4 Å². The van der Waals surface area contributed by atoms with E-state index in [4.69, 9.17) is 14.7 Å². The maximum absolute atomic E-state index is 12.5. The average molecular weight is 329 g/mol. The molecule has 1 saturated heterocycles. The lowest BCUT2D eigenvalue weighted by atomic mass is 9.74. The van der Waals surface area contributed by atoms with Gasteiger partial charge in [-0.05, 0) is 36.6 Å². The summed E-state index contributed by atoms with van der Waals surface area (Å²) in [7, 11) is 3.20. The molecule has 24 heavy (non-hydrogen) atoms. The predicted molar refractivity (Wildman–Crippen MR) is 90.2 cm³/mol. The first kappa shape index (κ1) is 16.7. The molecule has 6 nitrogen and oxygen atoms in total. The van der Waals surface area contributed by atoms with Crippen molar-refractivity contribution in [3.05, 3.63) is 23.8 Å². The highest BCUT2D eigenvalue weighted by Gasteiger charge is 2.46. The van der Waals surface area contributed by atoms with Crippen LogP contribution < -0.4 is 9.64 Å². The lowest BCUT2D eigenvalue weighted by molar-refractivity contribution is -0.122. The summed E-state index contributed by atoms with van der Waals surface area (Å²) >= 11 is 0. The van der Waals surface area contributed by atoms with Gasteiger partial charge in [-0.3, -0.25) is 9.69 Å². The van der Waals surface area contributed by atoms with Gasteiger partial charge in [0.2, 0.25) is 0 Å². The fourth-order valence-electron chi connectivity index (χ4n) is 3.87. The van der Waals surface area contributed by atoms with Crippen LogP contribution in [-0.4, -0.2) is 57.8 Å². The molecule has 1 amide bonds. The Morgan fingerprint density at radius 3 is 2.71 bits per heavy atom. The molecule has 1 spiro atoms. The fourth-order valence-corrected chi connectivity index (χ4v) is 3.87. The number of carbonyl (C=O) groups excluding carboxylic acids is 1. The summed E-state index contributed by atoms with van der Waals surface area (Å²) < 4.78 is 10.4. The Morgan fingerprint density at radius 2 is 2.08 bits per heavy atom. The van der Waals surface area contributed by atoms with Crippen LogP contribution in [0.1, 0.15) is 18.4 Å². The first-order valence-corrected chi connectivity index (χ1v) is 8.20. The molecular formula is C18H23N3O3. The van der Waals surface area contributed by atoms with E-state index in [-0.39, 0.29) is 17.9 Å². The largest absolute Gasteiger partial charge is 0.497 e. The lowest BCUT2D eigenvalue weighted by Gasteiger charge is -2.39. The molecule has 2 aliphatic heterocycles. The Bertz CT molecular complexity index is 660. The molecule has 0 aromatic heterocycles. The zero-order valence-corrected chi connectivity index (χ0v) is 14.2. The smallest absolute Gasteiger partial charge is 0.252 e. The third-order valence-corrected chi connectivity index (χ3v) is 5.20. The first-order chi connectivity index (χ1) is 11.6. The number of nitriles is 1. The Kier molecular flexibility index (Phi) is 4.74. The molecule has 0 saturated carbocycles. The highest BCUT2D eigenvalue weighted by molar-refractivity contribution is 5.97. The van der Waals surface area contributed by atoms with E-state index in [1.165, 1.54) is 5.56 Å². The quantitative estimate of drug-likeness (QED) is 0.784. The second-order valence-corrected chi connectivity index (χ2v) is 6.51. The molecule has 128 valence electrons. The Hall–Kier alpha value is -2.10. The number of amides is 1. The molecule has 3 rings (SSSR count). The van der Waals surface area contributed by atoms with Gasteiger partial charge in [0, 0.05) is 37.8 Å². The third kappa shape index (κ3) is 2.85. The van der Waals surface area contributed by atoms with E-state index in [2.05, 4.69) is 17.0 Å². The van der Waals surface area contributed by atoms with E-state index in [1.54, 1.807) is 14.2 Å². The van der Waals surface area contributed by atoms with E-state index in [0.29, 0.717) is 13.1 Å². The molecule has 0 N–H and O–H groups in total. The summed E-state index contributed by atoms with van der Waals surface area (Å²) in [5.74, 6) is 0.800. The average Bonchev–Trinajstić information content (AvgIpc) is 2.91. The minimum Gasteiger partial charge on any atom is -0.497 e. The van der Waals surface area contributed by atoms with Gasteiger partial charge in [0.05, 0.1) is 19.7 Å². The molecule has 0 unspecified atom stereocenters. The number of methoxy groups -OCH3 is 2. The third-order valence-electron chi connectivity index (χ3n) is 5.20. The molecule has 2 aliphatic rings. The van der Waals surface area contributed by atoms with E-state index >= 15 is 0 Å². The van der Waals surface area contributed by atoms with Crippen molar-refractivity contribution >= 4 is 11.6 Å². The SMILES string of the molecule is COCC(=O)N1CC2(CCN(CC#N)CC2)c2cc(OC)ccc21. The number of rotatable bonds is 4. The second-order valence-electron chi connectivity index (χ2n) is 6.51. The van der Waals surface area contributed by atoms with Crippen LogP contribution in [0.4, 0.5) is 5.69 Å². The number of fused-ring (bicyclic) bond motifs is 2.